The van der Waals surface area contributed by atoms with E-state index in [-0.39, 0.29) is 13.0 Å². The van der Waals surface area contributed by atoms with E-state index < -0.39 is 30.3 Å². The Kier molecular flexibility index (Phi) is 6.91. The van der Waals surface area contributed by atoms with Crippen molar-refractivity contribution in [1.82, 2.24) is 15.2 Å². The number of carbonyl (C=O) groups is 2. The number of fused-ring (bicyclic) bond motifs is 1. The van der Waals surface area contributed by atoms with Crippen molar-refractivity contribution < 1.29 is 18.4 Å². The van der Waals surface area contributed by atoms with Crippen molar-refractivity contribution in [2.45, 2.75) is 30.2 Å². The van der Waals surface area contributed by atoms with E-state index in [4.69, 9.17) is 0 Å². The summed E-state index contributed by atoms with van der Waals surface area (Å²) in [6, 6.07) is 6.20. The molecule has 2 heterocycles. The lowest BCUT2D eigenvalue weighted by Crippen LogP contribution is -2.42. The summed E-state index contributed by atoms with van der Waals surface area (Å²) in [5.74, 6) is -3.84. The highest BCUT2D eigenvalue weighted by atomic mass is 32.1. The van der Waals surface area contributed by atoms with Gasteiger partial charge in [0.25, 0.3) is 25.4 Å². The van der Waals surface area contributed by atoms with E-state index in [1.54, 1.807) is 31.2 Å². The highest BCUT2D eigenvalue weighted by Gasteiger charge is 2.44. The van der Waals surface area contributed by atoms with Crippen LogP contribution in [-0.4, -0.2) is 53.8 Å². The molecule has 1 aliphatic heterocycles. The van der Waals surface area contributed by atoms with Gasteiger partial charge in [0.2, 0.25) is 5.91 Å². The van der Waals surface area contributed by atoms with Crippen molar-refractivity contribution in [1.29, 1.82) is 0 Å². The molecule has 2 aromatic rings. The molecule has 1 aliphatic rings. The van der Waals surface area contributed by atoms with E-state index >= 15 is 0 Å². The Bertz CT molecular complexity index is 930. The van der Waals surface area contributed by atoms with E-state index in [0.29, 0.717) is 16.5 Å². The van der Waals surface area contributed by atoms with Crippen LogP contribution in [0.3, 0.4) is 0 Å². The first-order valence-electron chi connectivity index (χ1n) is 8.50. The second kappa shape index (κ2) is 8.97. The van der Waals surface area contributed by atoms with Crippen LogP contribution in [-0.2, 0) is 4.79 Å². The van der Waals surface area contributed by atoms with Crippen LogP contribution >= 0.6 is 12.6 Å². The van der Waals surface area contributed by atoms with Crippen molar-refractivity contribution in [3.8, 4) is 6.57 Å². The number of hydrogen-bond donors (Lipinski definition) is 2. The average Bonchev–Trinajstić information content (AvgIpc) is 2.91. The molecule has 3 rings (SSSR count). The lowest BCUT2D eigenvalue weighted by Gasteiger charge is -2.21. The first-order valence-corrected chi connectivity index (χ1v) is 8.95. The number of likely N-dealkylation sites (tertiary alicyclic amines) is 1. The quantitative estimate of drug-likeness (QED) is 0.769. The number of pyridine rings is 1. The summed E-state index contributed by atoms with van der Waals surface area (Å²) < 4.78 is 26.8. The smallest absolute Gasteiger partial charge is 0.267 e. The third-order valence-corrected chi connectivity index (χ3v) is 4.50. The number of rotatable bonds is 3. The number of thiol groups is 1. The van der Waals surface area contributed by atoms with Crippen LogP contribution in [0.4, 0.5) is 8.78 Å². The van der Waals surface area contributed by atoms with E-state index in [1.807, 2.05) is 0 Å². The highest BCUT2D eigenvalue weighted by molar-refractivity contribution is 7.80. The maximum Gasteiger partial charge on any atom is 0.267 e. The van der Waals surface area contributed by atoms with Gasteiger partial charge < -0.3 is 10.2 Å². The molecular formula is C19H21F2N4O2S+. The minimum absolute atomic E-state index is 0.326. The zero-order valence-electron chi connectivity index (χ0n) is 15.5. The summed E-state index contributed by atoms with van der Waals surface area (Å²) in [6.45, 7) is 5.12. The lowest BCUT2D eigenvalue weighted by atomic mass is 10.1. The first kappa shape index (κ1) is 21.6. The summed E-state index contributed by atoms with van der Waals surface area (Å²) in [5.41, 5.74) is 0.977. The molecule has 0 spiro atoms. The van der Waals surface area contributed by atoms with Gasteiger partial charge in [-0.3, -0.25) is 14.6 Å². The van der Waals surface area contributed by atoms with Crippen molar-refractivity contribution in [3.63, 3.8) is 0 Å². The van der Waals surface area contributed by atoms with Crippen molar-refractivity contribution in [3.05, 3.63) is 40.9 Å². The Balaban J connectivity index is 0.000000878. The molecule has 28 heavy (non-hydrogen) atoms. The number of nitrogens with one attached hydrogen (secondary N) is 1. The molecule has 6 nitrogen and oxygen atoms in total. The van der Waals surface area contributed by atoms with Gasteiger partial charge in [-0.15, -0.1) is 12.6 Å². The zero-order valence-corrected chi connectivity index (χ0v) is 16.4. The van der Waals surface area contributed by atoms with Crippen LogP contribution in [0.5, 0.6) is 0 Å². The molecule has 2 amide bonds. The third-order valence-electron chi connectivity index (χ3n) is 4.22. The minimum Gasteiger partial charge on any atom is -0.343 e. The molecular weight excluding hydrogens is 386 g/mol. The van der Waals surface area contributed by atoms with Gasteiger partial charge in [0.05, 0.1) is 24.2 Å². The molecule has 1 atom stereocenters. The fourth-order valence-electron chi connectivity index (χ4n) is 3.03. The molecule has 9 heteroatoms. The van der Waals surface area contributed by atoms with Gasteiger partial charge in [0.1, 0.15) is 0 Å². The molecule has 0 bridgehead atoms. The van der Waals surface area contributed by atoms with Gasteiger partial charge in [-0.05, 0) is 25.1 Å². The second-order valence-corrected chi connectivity index (χ2v) is 6.95. The zero-order chi connectivity index (χ0) is 20.9. The second-order valence-electron chi connectivity index (χ2n) is 6.43. The number of halogens is 2. The van der Waals surface area contributed by atoms with Crippen LogP contribution in [0.25, 0.3) is 15.7 Å². The molecule has 1 fully saturated rings. The summed E-state index contributed by atoms with van der Waals surface area (Å²) >= 11 is 4.23. The maximum atomic E-state index is 13.4. The van der Waals surface area contributed by atoms with E-state index in [2.05, 4.69) is 34.3 Å². The number of carbonyl (C=O) groups excluding carboxylic acids is 2. The van der Waals surface area contributed by atoms with Crippen molar-refractivity contribution >= 4 is 35.3 Å². The predicted molar refractivity (Wildman–Crippen MR) is 106 cm³/mol. The summed E-state index contributed by atoms with van der Waals surface area (Å²) in [6.07, 6.45) is 1.14. The van der Waals surface area contributed by atoms with Gasteiger partial charge in [0.15, 0.2) is 0 Å². The number of amides is 2. The first-order chi connectivity index (χ1) is 13.2. The molecule has 1 unspecified atom stereocenters. The van der Waals surface area contributed by atoms with E-state index in [1.165, 1.54) is 13.2 Å². The summed E-state index contributed by atoms with van der Waals surface area (Å²) in [4.78, 5) is 33.5. The number of alkyl halides is 2. The van der Waals surface area contributed by atoms with Crippen LogP contribution < -0.4 is 5.32 Å². The van der Waals surface area contributed by atoms with Gasteiger partial charge in [0, 0.05) is 28.9 Å². The lowest BCUT2D eigenvalue weighted by molar-refractivity contribution is -0.131. The van der Waals surface area contributed by atoms with E-state index in [0.717, 1.165) is 9.80 Å². The number of benzene rings is 1. The van der Waals surface area contributed by atoms with Crippen molar-refractivity contribution in [2.24, 2.45) is 0 Å². The van der Waals surface area contributed by atoms with Crippen LogP contribution in [0.1, 0.15) is 23.7 Å². The minimum atomic E-state index is -2.87. The van der Waals surface area contributed by atoms with Gasteiger partial charge in [-0.25, -0.2) is 8.78 Å². The average molecular weight is 407 g/mol. The standard InChI is InChI=1S/C17H17F2N3O2S.C2H4N/c1-10-7-17(18,19)9-22(10)15(23)8-21-16(24)13-4-5-20-14-6-11(25)2-3-12(13)14;1-3-2/h2-6,10,25H,7-9H2,1H3,(H,21,24);1H,2H3/q;+1. The van der Waals surface area contributed by atoms with Crippen LogP contribution in [0.15, 0.2) is 35.4 Å². The highest BCUT2D eigenvalue weighted by Crippen LogP contribution is 2.31. The normalized spacial score (nSPS) is 17.4. The predicted octanol–water partition coefficient (Wildman–Crippen LogP) is 3.09. The largest absolute Gasteiger partial charge is 0.343 e. The molecule has 0 saturated carbocycles. The van der Waals surface area contributed by atoms with Crippen molar-refractivity contribution in [2.75, 3.05) is 20.1 Å². The van der Waals surface area contributed by atoms with E-state index in [9.17, 15) is 18.4 Å². The van der Waals surface area contributed by atoms with Gasteiger partial charge in [-0.1, -0.05) is 10.9 Å². The van der Waals surface area contributed by atoms with Gasteiger partial charge >= 0.3 is 0 Å². The maximum absolute atomic E-state index is 13.4. The van der Waals surface area contributed by atoms with Gasteiger partial charge in [-0.2, -0.15) is 0 Å². The Morgan fingerprint density at radius 1 is 1.43 bits per heavy atom. The molecule has 148 valence electrons. The third kappa shape index (κ3) is 5.16. The molecule has 0 radical (unpaired) electrons. The topological polar surface area (TPSA) is 66.7 Å². The molecule has 1 aromatic heterocycles. The SMILES string of the molecule is C#[N+]C.CC1CC(F)(F)CN1C(=O)CNC(=O)c1ccnc2cc(S)ccc12. The molecule has 1 saturated heterocycles. The Morgan fingerprint density at radius 3 is 2.71 bits per heavy atom. The molecule has 1 N–H and O–H groups in total. The Labute approximate surface area is 167 Å². The molecule has 0 aliphatic carbocycles. The molecule has 1 aromatic carbocycles. The number of nitrogens with zero attached hydrogens (tertiary/aromatic N) is 3. The Morgan fingerprint density at radius 2 is 2.11 bits per heavy atom. The van der Waals surface area contributed by atoms with Crippen LogP contribution in [0.2, 0.25) is 0 Å². The fraction of sp³-hybridized carbons (Fsp3) is 0.368. The Hall–Kier alpha value is -2.73. The number of hydrogen-bond acceptors (Lipinski definition) is 4. The summed E-state index contributed by atoms with van der Waals surface area (Å²) in [7, 11) is 1.53. The van der Waals surface area contributed by atoms with Crippen LogP contribution in [0, 0.1) is 6.57 Å². The fourth-order valence-corrected chi connectivity index (χ4v) is 3.23. The summed E-state index contributed by atoms with van der Waals surface area (Å²) in [5, 5.41) is 3.14. The number of aromatic nitrogens is 1. The monoisotopic (exact) mass is 407 g/mol.